The van der Waals surface area contributed by atoms with E-state index in [4.69, 9.17) is 11.6 Å². The second kappa shape index (κ2) is 7.68. The number of carbonyl (C=O) groups is 2. The molecule has 1 aromatic carbocycles. The first-order valence-corrected chi connectivity index (χ1v) is 9.75. The maximum absolute atomic E-state index is 12.3. The summed E-state index contributed by atoms with van der Waals surface area (Å²) in [5, 5.41) is 14.8. The molecule has 1 heterocycles. The van der Waals surface area contributed by atoms with Gasteiger partial charge < -0.3 is 10.6 Å². The Hall–Kier alpha value is -2.41. The fourth-order valence-electron chi connectivity index (χ4n) is 3.40. The number of halogens is 1. The van der Waals surface area contributed by atoms with Crippen molar-refractivity contribution < 1.29 is 9.59 Å². The van der Waals surface area contributed by atoms with Crippen LogP contribution in [-0.2, 0) is 0 Å². The van der Waals surface area contributed by atoms with Crippen LogP contribution in [0.15, 0.2) is 30.5 Å². The molecule has 27 heavy (non-hydrogen) atoms. The molecule has 8 heteroatoms. The predicted molar refractivity (Wildman–Crippen MR) is 101 cm³/mol. The zero-order chi connectivity index (χ0) is 18.8. The predicted octanol–water partition coefficient (Wildman–Crippen LogP) is 2.74. The summed E-state index contributed by atoms with van der Waals surface area (Å²) in [5.74, 6) is -0.220. The highest BCUT2D eigenvalue weighted by Crippen LogP contribution is 2.28. The number of aromatic nitrogens is 3. The molecule has 0 bridgehead atoms. The second-order valence-electron chi connectivity index (χ2n) is 7.32. The summed E-state index contributed by atoms with van der Waals surface area (Å²) in [4.78, 5) is 24.4. The molecule has 0 saturated heterocycles. The number of rotatable bonds is 5. The van der Waals surface area contributed by atoms with Gasteiger partial charge in [0.2, 0.25) is 0 Å². The van der Waals surface area contributed by atoms with Crippen molar-refractivity contribution >= 4 is 23.4 Å². The van der Waals surface area contributed by atoms with E-state index in [9.17, 15) is 9.59 Å². The van der Waals surface area contributed by atoms with Crippen molar-refractivity contribution in [2.45, 2.75) is 56.7 Å². The molecular formula is C19H22ClN5O2. The highest BCUT2D eigenvalue weighted by Gasteiger charge is 2.27. The van der Waals surface area contributed by atoms with E-state index < -0.39 is 0 Å². The molecule has 2 amide bonds. The average Bonchev–Trinajstić information content (AvgIpc) is 3.34. The van der Waals surface area contributed by atoms with Gasteiger partial charge in [0.05, 0.1) is 12.2 Å². The quantitative estimate of drug-likeness (QED) is 0.825. The summed E-state index contributed by atoms with van der Waals surface area (Å²) in [6.45, 7) is 0. The Labute approximate surface area is 162 Å². The van der Waals surface area contributed by atoms with Gasteiger partial charge in [-0.05, 0) is 62.8 Å². The molecule has 2 aromatic rings. The number of nitrogens with zero attached hydrogens (tertiary/aromatic N) is 3. The van der Waals surface area contributed by atoms with E-state index in [0.717, 1.165) is 38.5 Å². The van der Waals surface area contributed by atoms with Crippen molar-refractivity contribution in [2.24, 2.45) is 0 Å². The van der Waals surface area contributed by atoms with Gasteiger partial charge in [-0.1, -0.05) is 16.8 Å². The van der Waals surface area contributed by atoms with Gasteiger partial charge in [-0.15, -0.1) is 5.10 Å². The van der Waals surface area contributed by atoms with Crippen LogP contribution >= 0.6 is 11.6 Å². The SMILES string of the molecule is O=C(NC1CCC(n2cc(C(=O)NC3CC3)nn2)CC1)c1ccc(Cl)cc1. The van der Waals surface area contributed by atoms with Gasteiger partial charge in [0, 0.05) is 22.7 Å². The lowest BCUT2D eigenvalue weighted by Crippen LogP contribution is -2.38. The van der Waals surface area contributed by atoms with Crippen LogP contribution in [0.25, 0.3) is 0 Å². The van der Waals surface area contributed by atoms with Crippen molar-refractivity contribution in [2.75, 3.05) is 0 Å². The van der Waals surface area contributed by atoms with Crippen LogP contribution in [-0.4, -0.2) is 38.9 Å². The Morgan fingerprint density at radius 3 is 2.15 bits per heavy atom. The van der Waals surface area contributed by atoms with Gasteiger partial charge in [-0.25, -0.2) is 4.68 Å². The number of hydrogen-bond donors (Lipinski definition) is 2. The van der Waals surface area contributed by atoms with E-state index in [-0.39, 0.29) is 23.9 Å². The van der Waals surface area contributed by atoms with Crippen molar-refractivity contribution in [1.82, 2.24) is 25.6 Å². The number of amides is 2. The van der Waals surface area contributed by atoms with E-state index >= 15 is 0 Å². The van der Waals surface area contributed by atoms with Crippen LogP contribution in [0, 0.1) is 0 Å². The summed E-state index contributed by atoms with van der Waals surface area (Å²) in [7, 11) is 0. The molecule has 0 unspecified atom stereocenters. The summed E-state index contributed by atoms with van der Waals surface area (Å²) in [6, 6.07) is 7.56. The van der Waals surface area contributed by atoms with Gasteiger partial charge in [0.25, 0.3) is 11.8 Å². The van der Waals surface area contributed by atoms with E-state index in [1.807, 2.05) is 0 Å². The van der Waals surface area contributed by atoms with Gasteiger partial charge >= 0.3 is 0 Å². The number of nitrogens with one attached hydrogen (secondary N) is 2. The molecule has 0 radical (unpaired) electrons. The minimum absolute atomic E-state index is 0.0742. The lowest BCUT2D eigenvalue weighted by molar-refractivity contribution is 0.0918. The molecule has 7 nitrogen and oxygen atoms in total. The lowest BCUT2D eigenvalue weighted by atomic mass is 9.91. The first kappa shape index (κ1) is 18.0. The first-order valence-electron chi connectivity index (χ1n) is 9.37. The summed E-state index contributed by atoms with van der Waals surface area (Å²) in [6.07, 6.45) is 7.34. The Morgan fingerprint density at radius 1 is 0.926 bits per heavy atom. The monoisotopic (exact) mass is 387 g/mol. The third kappa shape index (κ3) is 4.47. The smallest absolute Gasteiger partial charge is 0.273 e. The molecule has 2 saturated carbocycles. The van der Waals surface area contributed by atoms with Crippen molar-refractivity contribution in [3.63, 3.8) is 0 Å². The Bertz CT molecular complexity index is 823. The molecule has 1 aromatic heterocycles. The molecule has 0 atom stereocenters. The maximum atomic E-state index is 12.3. The van der Waals surface area contributed by atoms with Crippen LogP contribution in [0.5, 0.6) is 0 Å². The third-order valence-corrected chi connectivity index (χ3v) is 5.42. The van der Waals surface area contributed by atoms with Gasteiger partial charge in [-0.3, -0.25) is 9.59 Å². The normalized spacial score (nSPS) is 22.3. The Morgan fingerprint density at radius 2 is 1.52 bits per heavy atom. The summed E-state index contributed by atoms with van der Waals surface area (Å²) >= 11 is 5.86. The highest BCUT2D eigenvalue weighted by molar-refractivity contribution is 6.30. The van der Waals surface area contributed by atoms with E-state index in [1.54, 1.807) is 35.1 Å². The largest absolute Gasteiger partial charge is 0.349 e. The number of hydrogen-bond acceptors (Lipinski definition) is 4. The number of benzene rings is 1. The van der Waals surface area contributed by atoms with Gasteiger partial charge in [0.15, 0.2) is 5.69 Å². The van der Waals surface area contributed by atoms with Crippen LogP contribution in [0.4, 0.5) is 0 Å². The molecule has 2 aliphatic rings. The van der Waals surface area contributed by atoms with Crippen LogP contribution in [0.1, 0.15) is 65.4 Å². The molecule has 2 N–H and O–H groups in total. The topological polar surface area (TPSA) is 88.9 Å². The van der Waals surface area contributed by atoms with Crippen LogP contribution < -0.4 is 10.6 Å². The average molecular weight is 388 g/mol. The number of carbonyl (C=O) groups excluding carboxylic acids is 2. The third-order valence-electron chi connectivity index (χ3n) is 5.17. The van der Waals surface area contributed by atoms with Crippen molar-refractivity contribution in [3.05, 3.63) is 46.7 Å². The first-order chi connectivity index (χ1) is 13.1. The standard InChI is InChI=1S/C19H22ClN5O2/c20-13-3-1-12(2-4-13)18(26)21-15-7-9-16(10-8-15)25-11-17(23-24-25)19(27)22-14-5-6-14/h1-4,11,14-16H,5-10H2,(H,21,26)(H,22,27). The molecule has 2 aliphatic carbocycles. The minimum Gasteiger partial charge on any atom is -0.349 e. The summed E-state index contributed by atoms with van der Waals surface area (Å²) < 4.78 is 1.79. The van der Waals surface area contributed by atoms with Gasteiger partial charge in [0.1, 0.15) is 0 Å². The van der Waals surface area contributed by atoms with E-state index in [2.05, 4.69) is 20.9 Å². The zero-order valence-electron chi connectivity index (χ0n) is 14.9. The molecule has 0 spiro atoms. The molecule has 4 rings (SSSR count). The molecule has 142 valence electrons. The fourth-order valence-corrected chi connectivity index (χ4v) is 3.53. The fraction of sp³-hybridized carbons (Fsp3) is 0.474. The molecular weight excluding hydrogens is 366 g/mol. The lowest BCUT2D eigenvalue weighted by Gasteiger charge is -2.29. The highest BCUT2D eigenvalue weighted by atomic mass is 35.5. The molecule has 2 fully saturated rings. The van der Waals surface area contributed by atoms with Crippen LogP contribution in [0.2, 0.25) is 5.02 Å². The zero-order valence-corrected chi connectivity index (χ0v) is 15.7. The Balaban J connectivity index is 1.28. The minimum atomic E-state index is -0.146. The maximum Gasteiger partial charge on any atom is 0.273 e. The summed E-state index contributed by atoms with van der Waals surface area (Å²) in [5.41, 5.74) is 0.990. The van der Waals surface area contributed by atoms with Crippen LogP contribution in [0.3, 0.4) is 0 Å². The van der Waals surface area contributed by atoms with E-state index in [1.165, 1.54) is 0 Å². The Kier molecular flexibility index (Phi) is 5.11. The van der Waals surface area contributed by atoms with Crippen molar-refractivity contribution in [1.29, 1.82) is 0 Å². The van der Waals surface area contributed by atoms with E-state index in [0.29, 0.717) is 22.3 Å². The van der Waals surface area contributed by atoms with Gasteiger partial charge in [-0.2, -0.15) is 0 Å². The van der Waals surface area contributed by atoms with Crippen molar-refractivity contribution in [3.8, 4) is 0 Å². The molecule has 0 aliphatic heterocycles. The second-order valence-corrected chi connectivity index (χ2v) is 7.75.